The zero-order valence-electron chi connectivity index (χ0n) is 19.8. The number of nitrogens with zero attached hydrogens (tertiary/aromatic N) is 3. The smallest absolute Gasteiger partial charge is 0.337 e. The van der Waals surface area contributed by atoms with Crippen LogP contribution in [0.4, 0.5) is 22.1 Å². The number of esters is 1. The highest BCUT2D eigenvalue weighted by Crippen LogP contribution is 2.15. The number of carbonyl (C=O) groups is 2. The van der Waals surface area contributed by atoms with Gasteiger partial charge in [-0.25, -0.2) is 9.59 Å². The molecule has 10 heteroatoms. The third kappa shape index (κ3) is 7.61. The van der Waals surface area contributed by atoms with Crippen LogP contribution in [0.15, 0.2) is 78.9 Å². The molecular formula is C27H23ClN6O3. The third-order valence-corrected chi connectivity index (χ3v) is 5.22. The van der Waals surface area contributed by atoms with Gasteiger partial charge in [0.2, 0.25) is 11.2 Å². The molecule has 1 aromatic heterocycles. The van der Waals surface area contributed by atoms with Gasteiger partial charge in [0.15, 0.2) is 5.82 Å². The molecule has 0 unspecified atom stereocenters. The molecule has 2 amide bonds. The normalized spacial score (nSPS) is 10.6. The van der Waals surface area contributed by atoms with E-state index in [0.717, 1.165) is 11.1 Å². The van der Waals surface area contributed by atoms with Gasteiger partial charge >= 0.3 is 12.0 Å². The quantitative estimate of drug-likeness (QED) is 0.257. The van der Waals surface area contributed by atoms with Crippen LogP contribution >= 0.6 is 11.6 Å². The summed E-state index contributed by atoms with van der Waals surface area (Å²) < 4.78 is 4.67. The Balaban J connectivity index is 1.34. The van der Waals surface area contributed by atoms with Crippen molar-refractivity contribution in [1.29, 1.82) is 0 Å². The second-order valence-electron chi connectivity index (χ2n) is 7.73. The SMILES string of the molecule is COC(=O)c1ccc(NC(=O)Nc2cccc(CNc3nc(Cl)nc(/C=C/c4ccccc4)n3)c2)cc1. The Morgan fingerprint density at radius 2 is 1.62 bits per heavy atom. The zero-order chi connectivity index (χ0) is 26.0. The van der Waals surface area contributed by atoms with Crippen LogP contribution in [-0.2, 0) is 11.3 Å². The van der Waals surface area contributed by atoms with E-state index < -0.39 is 12.0 Å². The zero-order valence-corrected chi connectivity index (χ0v) is 20.6. The van der Waals surface area contributed by atoms with Crippen molar-refractivity contribution in [1.82, 2.24) is 15.0 Å². The summed E-state index contributed by atoms with van der Waals surface area (Å²) >= 11 is 6.08. The van der Waals surface area contributed by atoms with Crippen LogP contribution in [0, 0.1) is 0 Å². The number of carbonyl (C=O) groups excluding carboxylic acids is 2. The van der Waals surface area contributed by atoms with Crippen LogP contribution in [0.2, 0.25) is 5.28 Å². The number of urea groups is 1. The molecule has 0 saturated heterocycles. The summed E-state index contributed by atoms with van der Waals surface area (Å²) in [6, 6.07) is 23.1. The van der Waals surface area contributed by atoms with E-state index in [9.17, 15) is 9.59 Å². The highest BCUT2D eigenvalue weighted by Gasteiger charge is 2.08. The Morgan fingerprint density at radius 1 is 0.865 bits per heavy atom. The second-order valence-corrected chi connectivity index (χ2v) is 8.07. The van der Waals surface area contributed by atoms with Gasteiger partial charge in [-0.2, -0.15) is 15.0 Å². The molecule has 0 saturated carbocycles. The van der Waals surface area contributed by atoms with E-state index in [1.165, 1.54) is 7.11 Å². The number of methoxy groups -OCH3 is 1. The van der Waals surface area contributed by atoms with E-state index in [1.807, 2.05) is 54.6 Å². The molecule has 186 valence electrons. The molecule has 0 aliphatic carbocycles. The van der Waals surface area contributed by atoms with Gasteiger partial charge in [-0.15, -0.1) is 0 Å². The number of rotatable bonds is 8. The minimum Gasteiger partial charge on any atom is -0.465 e. The molecule has 4 aromatic rings. The average Bonchev–Trinajstić information content (AvgIpc) is 2.91. The molecule has 3 aromatic carbocycles. The van der Waals surface area contributed by atoms with Crippen molar-refractivity contribution in [3.05, 3.63) is 107 Å². The van der Waals surface area contributed by atoms with Crippen LogP contribution < -0.4 is 16.0 Å². The fourth-order valence-electron chi connectivity index (χ4n) is 3.30. The first kappa shape index (κ1) is 25.3. The summed E-state index contributed by atoms with van der Waals surface area (Å²) in [5, 5.41) is 8.72. The van der Waals surface area contributed by atoms with Crippen LogP contribution in [0.25, 0.3) is 12.2 Å². The lowest BCUT2D eigenvalue weighted by molar-refractivity contribution is 0.0600. The summed E-state index contributed by atoms with van der Waals surface area (Å²) in [6.07, 6.45) is 3.66. The Labute approximate surface area is 218 Å². The molecule has 0 bridgehead atoms. The van der Waals surface area contributed by atoms with Crippen molar-refractivity contribution in [2.75, 3.05) is 23.1 Å². The lowest BCUT2D eigenvalue weighted by Gasteiger charge is -2.10. The molecule has 0 aliphatic heterocycles. The fourth-order valence-corrected chi connectivity index (χ4v) is 3.46. The second kappa shape index (κ2) is 12.3. The molecule has 37 heavy (non-hydrogen) atoms. The van der Waals surface area contributed by atoms with E-state index in [1.54, 1.807) is 36.4 Å². The number of hydrogen-bond donors (Lipinski definition) is 3. The number of benzene rings is 3. The number of halogens is 1. The Bertz CT molecular complexity index is 1410. The maximum Gasteiger partial charge on any atom is 0.337 e. The van der Waals surface area contributed by atoms with Gasteiger partial charge < -0.3 is 20.7 Å². The number of nitrogens with one attached hydrogen (secondary N) is 3. The molecule has 9 nitrogen and oxygen atoms in total. The van der Waals surface area contributed by atoms with E-state index in [4.69, 9.17) is 11.6 Å². The topological polar surface area (TPSA) is 118 Å². The Morgan fingerprint density at radius 3 is 2.38 bits per heavy atom. The lowest BCUT2D eigenvalue weighted by Crippen LogP contribution is -2.19. The summed E-state index contributed by atoms with van der Waals surface area (Å²) in [7, 11) is 1.31. The maximum atomic E-state index is 12.4. The standard InChI is InChI=1S/C27H23ClN6O3/c1-37-24(35)20-11-13-21(14-12-20)30-27(36)31-22-9-5-8-19(16-22)17-29-26-33-23(32-25(28)34-26)15-10-18-6-3-2-4-7-18/h2-16H,17H2,1H3,(H2,30,31,36)(H,29,32,33,34)/b15-10+. The number of ether oxygens (including phenoxy) is 1. The molecule has 0 aliphatic rings. The van der Waals surface area contributed by atoms with Crippen molar-refractivity contribution >= 4 is 53.1 Å². The third-order valence-electron chi connectivity index (χ3n) is 5.05. The minimum absolute atomic E-state index is 0.0805. The molecule has 0 atom stereocenters. The van der Waals surface area contributed by atoms with Crippen LogP contribution in [-0.4, -0.2) is 34.1 Å². The van der Waals surface area contributed by atoms with E-state index in [0.29, 0.717) is 35.3 Å². The Hall–Kier alpha value is -4.76. The van der Waals surface area contributed by atoms with Crippen LogP contribution in [0.1, 0.15) is 27.3 Å². The highest BCUT2D eigenvalue weighted by molar-refractivity contribution is 6.28. The predicted molar refractivity (Wildman–Crippen MR) is 144 cm³/mol. The Kier molecular flexibility index (Phi) is 8.41. The highest BCUT2D eigenvalue weighted by atomic mass is 35.5. The molecule has 4 rings (SSSR count). The maximum absolute atomic E-state index is 12.4. The minimum atomic E-state index is -0.444. The van der Waals surface area contributed by atoms with Crippen molar-refractivity contribution in [2.24, 2.45) is 0 Å². The number of amides is 2. The van der Waals surface area contributed by atoms with Crippen molar-refractivity contribution in [2.45, 2.75) is 6.54 Å². The largest absolute Gasteiger partial charge is 0.465 e. The van der Waals surface area contributed by atoms with E-state index in [2.05, 4.69) is 35.6 Å². The summed E-state index contributed by atoms with van der Waals surface area (Å²) in [5.74, 6) is 0.318. The monoisotopic (exact) mass is 514 g/mol. The van der Waals surface area contributed by atoms with E-state index in [-0.39, 0.29) is 5.28 Å². The molecule has 0 fully saturated rings. The first-order chi connectivity index (χ1) is 18.0. The first-order valence-corrected chi connectivity index (χ1v) is 11.6. The average molecular weight is 515 g/mol. The van der Waals surface area contributed by atoms with Gasteiger partial charge in [0.05, 0.1) is 12.7 Å². The number of hydrogen-bond acceptors (Lipinski definition) is 7. The van der Waals surface area contributed by atoms with Gasteiger partial charge in [-0.05, 0) is 65.2 Å². The number of aromatic nitrogens is 3. The van der Waals surface area contributed by atoms with Crippen LogP contribution in [0.3, 0.4) is 0 Å². The van der Waals surface area contributed by atoms with Crippen molar-refractivity contribution in [3.63, 3.8) is 0 Å². The molecular weight excluding hydrogens is 492 g/mol. The molecule has 0 radical (unpaired) electrons. The van der Waals surface area contributed by atoms with Crippen LogP contribution in [0.5, 0.6) is 0 Å². The van der Waals surface area contributed by atoms with Gasteiger partial charge in [0, 0.05) is 17.9 Å². The summed E-state index contributed by atoms with van der Waals surface area (Å²) in [6.45, 7) is 0.397. The van der Waals surface area contributed by atoms with Crippen molar-refractivity contribution < 1.29 is 14.3 Å². The van der Waals surface area contributed by atoms with E-state index >= 15 is 0 Å². The fraction of sp³-hybridized carbons (Fsp3) is 0.0741. The van der Waals surface area contributed by atoms with Gasteiger partial charge in [0.1, 0.15) is 0 Å². The lowest BCUT2D eigenvalue weighted by atomic mass is 10.2. The summed E-state index contributed by atoms with van der Waals surface area (Å²) in [5.41, 5.74) is 3.43. The first-order valence-electron chi connectivity index (χ1n) is 11.2. The van der Waals surface area contributed by atoms with Gasteiger partial charge in [0.25, 0.3) is 0 Å². The van der Waals surface area contributed by atoms with Gasteiger partial charge in [-0.3, -0.25) is 0 Å². The molecule has 0 spiro atoms. The molecule has 3 N–H and O–H groups in total. The number of anilines is 3. The van der Waals surface area contributed by atoms with Crippen molar-refractivity contribution in [3.8, 4) is 0 Å². The predicted octanol–water partition coefficient (Wildman–Crippen LogP) is 5.74. The van der Waals surface area contributed by atoms with Gasteiger partial charge in [-0.1, -0.05) is 48.5 Å². The molecule has 1 heterocycles. The summed E-state index contributed by atoms with van der Waals surface area (Å²) in [4.78, 5) is 36.6.